The van der Waals surface area contributed by atoms with E-state index in [-0.39, 0.29) is 5.41 Å². The van der Waals surface area contributed by atoms with Gasteiger partial charge in [0.25, 0.3) is 0 Å². The van der Waals surface area contributed by atoms with Gasteiger partial charge in [-0.05, 0) is 97.6 Å². The predicted octanol–water partition coefficient (Wildman–Crippen LogP) is 12.5. The third kappa shape index (κ3) is 4.25. The molecule has 7 aromatic carbocycles. The third-order valence-electron chi connectivity index (χ3n) is 10.9. The Morgan fingerprint density at radius 2 is 0.878 bits per heavy atom. The lowest BCUT2D eigenvalue weighted by Crippen LogP contribution is -2.28. The molecule has 0 aliphatic heterocycles. The number of rotatable bonds is 6. The standard InChI is InChI=1S/C48H37N/c1-4-33-23-25-36(26-24-33)49(37-27-29-41-39-19-11-13-21-43(39)47(2,3)45(41)31-37)38-28-30-42-40-20-12-14-22-44(40)48(46(42)32-38,34-15-7-5-8-16-34)35-17-9-6-10-18-35/h4-32H,1H2,2-3H3. The molecule has 0 spiro atoms. The highest BCUT2D eigenvalue weighted by Crippen LogP contribution is 2.57. The van der Waals surface area contributed by atoms with Crippen LogP contribution in [-0.2, 0) is 10.8 Å². The van der Waals surface area contributed by atoms with E-state index in [9.17, 15) is 0 Å². The van der Waals surface area contributed by atoms with E-state index < -0.39 is 5.41 Å². The van der Waals surface area contributed by atoms with Crippen molar-refractivity contribution in [2.45, 2.75) is 24.7 Å². The van der Waals surface area contributed by atoms with E-state index in [4.69, 9.17) is 0 Å². The molecule has 0 N–H and O–H groups in total. The van der Waals surface area contributed by atoms with Crippen LogP contribution in [0, 0.1) is 0 Å². The average molecular weight is 628 g/mol. The lowest BCUT2D eigenvalue weighted by Gasteiger charge is -2.35. The Balaban J connectivity index is 1.30. The van der Waals surface area contributed by atoms with Crippen LogP contribution in [0.3, 0.4) is 0 Å². The van der Waals surface area contributed by atoms with Crippen molar-refractivity contribution in [2.24, 2.45) is 0 Å². The van der Waals surface area contributed by atoms with Gasteiger partial charge < -0.3 is 4.90 Å². The minimum Gasteiger partial charge on any atom is -0.310 e. The Kier molecular flexibility index (Phi) is 6.61. The van der Waals surface area contributed by atoms with Gasteiger partial charge in [0.15, 0.2) is 0 Å². The Hall–Kier alpha value is -5.92. The summed E-state index contributed by atoms with van der Waals surface area (Å²) in [6.45, 7) is 8.72. The molecule has 0 atom stereocenters. The molecule has 0 saturated carbocycles. The maximum absolute atomic E-state index is 4.02. The lowest BCUT2D eigenvalue weighted by atomic mass is 9.67. The van der Waals surface area contributed by atoms with Gasteiger partial charge in [-0.3, -0.25) is 0 Å². The summed E-state index contributed by atoms with van der Waals surface area (Å²) in [5.74, 6) is 0. The van der Waals surface area contributed by atoms with Crippen LogP contribution >= 0.6 is 0 Å². The van der Waals surface area contributed by atoms with Crippen LogP contribution in [0.25, 0.3) is 28.3 Å². The Morgan fingerprint density at radius 3 is 1.47 bits per heavy atom. The van der Waals surface area contributed by atoms with E-state index in [1.165, 1.54) is 55.6 Å². The topological polar surface area (TPSA) is 3.24 Å². The van der Waals surface area contributed by atoms with Crippen molar-refractivity contribution in [3.05, 3.63) is 215 Å². The minimum atomic E-state index is -0.468. The van der Waals surface area contributed by atoms with E-state index >= 15 is 0 Å². The predicted molar refractivity (Wildman–Crippen MR) is 206 cm³/mol. The number of hydrogen-bond acceptors (Lipinski definition) is 1. The summed E-state index contributed by atoms with van der Waals surface area (Å²) in [6, 6.07) is 62.8. The molecule has 0 saturated heterocycles. The lowest BCUT2D eigenvalue weighted by molar-refractivity contribution is 0.660. The van der Waals surface area contributed by atoms with Crippen molar-refractivity contribution in [2.75, 3.05) is 4.90 Å². The maximum atomic E-state index is 4.02. The Bertz CT molecular complexity index is 2320. The summed E-state index contributed by atoms with van der Waals surface area (Å²) in [6.07, 6.45) is 1.91. The van der Waals surface area contributed by atoms with Gasteiger partial charge in [0, 0.05) is 22.5 Å². The highest BCUT2D eigenvalue weighted by atomic mass is 15.1. The fourth-order valence-electron chi connectivity index (χ4n) is 8.61. The zero-order chi connectivity index (χ0) is 33.2. The molecule has 1 nitrogen and oxygen atoms in total. The normalized spacial score (nSPS) is 14.3. The summed E-state index contributed by atoms with van der Waals surface area (Å²) in [4.78, 5) is 2.43. The molecule has 0 bridgehead atoms. The zero-order valence-electron chi connectivity index (χ0n) is 27.9. The van der Waals surface area contributed by atoms with Crippen molar-refractivity contribution in [1.29, 1.82) is 0 Å². The van der Waals surface area contributed by atoms with E-state index in [1.807, 2.05) is 6.08 Å². The fraction of sp³-hybridized carbons (Fsp3) is 0.0833. The first-order valence-electron chi connectivity index (χ1n) is 17.1. The van der Waals surface area contributed by atoms with Crippen LogP contribution in [0.5, 0.6) is 0 Å². The molecule has 0 fully saturated rings. The number of anilines is 3. The van der Waals surface area contributed by atoms with Gasteiger partial charge in [0.05, 0.1) is 5.41 Å². The molecule has 234 valence electrons. The molecule has 0 unspecified atom stereocenters. The number of hydrogen-bond donors (Lipinski definition) is 0. The molecule has 0 radical (unpaired) electrons. The summed E-state index contributed by atoms with van der Waals surface area (Å²) >= 11 is 0. The van der Waals surface area contributed by atoms with Crippen molar-refractivity contribution >= 4 is 23.1 Å². The third-order valence-corrected chi connectivity index (χ3v) is 10.9. The Labute approximate surface area is 289 Å². The number of fused-ring (bicyclic) bond motifs is 6. The first-order valence-corrected chi connectivity index (χ1v) is 17.1. The van der Waals surface area contributed by atoms with Crippen molar-refractivity contribution in [1.82, 2.24) is 0 Å². The van der Waals surface area contributed by atoms with Crippen molar-refractivity contribution in [3.8, 4) is 22.3 Å². The monoisotopic (exact) mass is 627 g/mol. The molecule has 9 rings (SSSR count). The van der Waals surface area contributed by atoms with Gasteiger partial charge in [-0.1, -0.05) is 160 Å². The van der Waals surface area contributed by atoms with E-state index in [2.05, 4.69) is 195 Å². The average Bonchev–Trinajstić information content (AvgIpc) is 3.58. The molecule has 2 aliphatic rings. The second kappa shape index (κ2) is 11.1. The van der Waals surface area contributed by atoms with Crippen LogP contribution in [0.15, 0.2) is 176 Å². The van der Waals surface area contributed by atoms with Crippen LogP contribution in [0.4, 0.5) is 17.1 Å². The highest BCUT2D eigenvalue weighted by molar-refractivity contribution is 5.90. The summed E-state index contributed by atoms with van der Waals surface area (Å²) in [5.41, 5.74) is 17.0. The van der Waals surface area contributed by atoms with E-state index in [0.717, 1.165) is 22.6 Å². The molecule has 0 heterocycles. The molecule has 2 aliphatic carbocycles. The van der Waals surface area contributed by atoms with E-state index in [1.54, 1.807) is 0 Å². The van der Waals surface area contributed by atoms with Gasteiger partial charge in [-0.15, -0.1) is 0 Å². The van der Waals surface area contributed by atoms with Crippen LogP contribution in [-0.4, -0.2) is 0 Å². The number of nitrogens with zero attached hydrogens (tertiary/aromatic N) is 1. The van der Waals surface area contributed by atoms with Gasteiger partial charge in [0.2, 0.25) is 0 Å². The quantitative estimate of drug-likeness (QED) is 0.177. The summed E-state index contributed by atoms with van der Waals surface area (Å²) < 4.78 is 0. The van der Waals surface area contributed by atoms with Crippen LogP contribution in [0.2, 0.25) is 0 Å². The molecule has 7 aromatic rings. The summed E-state index contributed by atoms with van der Waals surface area (Å²) in [5, 5.41) is 0. The summed E-state index contributed by atoms with van der Waals surface area (Å²) in [7, 11) is 0. The first-order chi connectivity index (χ1) is 24.0. The minimum absolute atomic E-state index is 0.102. The molecule has 0 amide bonds. The van der Waals surface area contributed by atoms with E-state index in [0.29, 0.717) is 0 Å². The molecular formula is C48H37N. The SMILES string of the molecule is C=Cc1ccc(N(c2ccc3c(c2)C(C)(C)c2ccccc2-3)c2ccc3c(c2)C(c2ccccc2)(c2ccccc2)c2ccccc2-3)cc1. The molecular weight excluding hydrogens is 591 g/mol. The second-order valence-electron chi connectivity index (χ2n) is 13.8. The Morgan fingerprint density at radius 1 is 0.429 bits per heavy atom. The van der Waals surface area contributed by atoms with Crippen LogP contribution in [0.1, 0.15) is 52.8 Å². The zero-order valence-corrected chi connectivity index (χ0v) is 27.9. The highest BCUT2D eigenvalue weighted by Gasteiger charge is 2.46. The van der Waals surface area contributed by atoms with Gasteiger partial charge >= 0.3 is 0 Å². The largest absolute Gasteiger partial charge is 0.310 e. The maximum Gasteiger partial charge on any atom is 0.0714 e. The first kappa shape index (κ1) is 29.2. The van der Waals surface area contributed by atoms with Gasteiger partial charge in [-0.25, -0.2) is 0 Å². The second-order valence-corrected chi connectivity index (χ2v) is 13.8. The van der Waals surface area contributed by atoms with Crippen molar-refractivity contribution < 1.29 is 0 Å². The van der Waals surface area contributed by atoms with Gasteiger partial charge in [-0.2, -0.15) is 0 Å². The smallest absolute Gasteiger partial charge is 0.0714 e. The van der Waals surface area contributed by atoms with Gasteiger partial charge in [0.1, 0.15) is 0 Å². The van der Waals surface area contributed by atoms with Crippen LogP contribution < -0.4 is 4.90 Å². The van der Waals surface area contributed by atoms with Crippen molar-refractivity contribution in [3.63, 3.8) is 0 Å². The fourth-order valence-corrected chi connectivity index (χ4v) is 8.61. The molecule has 49 heavy (non-hydrogen) atoms. The molecule has 1 heteroatoms. The number of benzene rings is 7. The molecule has 0 aromatic heterocycles.